The molecule has 1 atom stereocenters. The summed E-state index contributed by atoms with van der Waals surface area (Å²) in [6, 6.07) is 8.85. The standard InChI is InChI=1S/C16H27N3/c1-5-16(2)13-19(11-7-10-17-16)15-9-6-8-14(12-15)18(3)4/h6,8-9,12,17H,5,7,10-11,13H2,1-4H3. The van der Waals surface area contributed by atoms with Crippen LogP contribution in [-0.2, 0) is 0 Å². The molecule has 1 aliphatic rings. The van der Waals surface area contributed by atoms with Crippen LogP contribution in [0.1, 0.15) is 26.7 Å². The van der Waals surface area contributed by atoms with Crippen molar-refractivity contribution in [3.05, 3.63) is 24.3 Å². The lowest BCUT2D eigenvalue weighted by atomic mass is 9.98. The van der Waals surface area contributed by atoms with Crippen molar-refractivity contribution in [2.24, 2.45) is 0 Å². The van der Waals surface area contributed by atoms with E-state index in [1.165, 1.54) is 17.8 Å². The summed E-state index contributed by atoms with van der Waals surface area (Å²) >= 11 is 0. The monoisotopic (exact) mass is 261 g/mol. The Hall–Kier alpha value is -1.22. The van der Waals surface area contributed by atoms with E-state index in [2.05, 4.69) is 67.3 Å². The van der Waals surface area contributed by atoms with Gasteiger partial charge in [-0.25, -0.2) is 0 Å². The predicted octanol–water partition coefficient (Wildman–Crippen LogP) is 2.72. The second-order valence-corrected chi connectivity index (χ2v) is 6.03. The Morgan fingerprint density at radius 1 is 1.37 bits per heavy atom. The van der Waals surface area contributed by atoms with Crippen LogP contribution in [0.3, 0.4) is 0 Å². The molecule has 1 N–H and O–H groups in total. The largest absolute Gasteiger partial charge is 0.378 e. The quantitative estimate of drug-likeness (QED) is 0.902. The molecular formula is C16H27N3. The van der Waals surface area contributed by atoms with E-state index >= 15 is 0 Å². The highest BCUT2D eigenvalue weighted by Gasteiger charge is 2.27. The smallest absolute Gasteiger partial charge is 0.0387 e. The topological polar surface area (TPSA) is 18.5 Å². The first-order valence-corrected chi connectivity index (χ1v) is 7.31. The van der Waals surface area contributed by atoms with Crippen LogP contribution in [0.4, 0.5) is 11.4 Å². The predicted molar refractivity (Wildman–Crippen MR) is 84.3 cm³/mol. The fourth-order valence-corrected chi connectivity index (χ4v) is 2.64. The molecule has 3 heteroatoms. The SMILES string of the molecule is CCC1(C)CN(c2cccc(N(C)C)c2)CCCN1. The van der Waals surface area contributed by atoms with Gasteiger partial charge in [-0.05, 0) is 44.5 Å². The molecule has 0 amide bonds. The van der Waals surface area contributed by atoms with Gasteiger partial charge < -0.3 is 15.1 Å². The lowest BCUT2D eigenvalue weighted by molar-refractivity contribution is 0.366. The molecule has 3 nitrogen and oxygen atoms in total. The third kappa shape index (κ3) is 3.41. The zero-order valence-electron chi connectivity index (χ0n) is 12.7. The van der Waals surface area contributed by atoms with Crippen LogP contribution >= 0.6 is 0 Å². The molecule has 0 bridgehead atoms. The van der Waals surface area contributed by atoms with Gasteiger partial charge in [0, 0.05) is 44.1 Å². The zero-order chi connectivity index (χ0) is 13.9. The molecular weight excluding hydrogens is 234 g/mol. The first-order chi connectivity index (χ1) is 9.04. The van der Waals surface area contributed by atoms with Gasteiger partial charge in [-0.2, -0.15) is 0 Å². The van der Waals surface area contributed by atoms with E-state index in [1.54, 1.807) is 0 Å². The molecule has 1 saturated heterocycles. The van der Waals surface area contributed by atoms with E-state index in [-0.39, 0.29) is 5.54 Å². The Labute approximate surface area is 117 Å². The van der Waals surface area contributed by atoms with Crippen LogP contribution in [0.25, 0.3) is 0 Å². The molecule has 1 unspecified atom stereocenters. The molecule has 0 aliphatic carbocycles. The maximum Gasteiger partial charge on any atom is 0.0387 e. The van der Waals surface area contributed by atoms with Crippen molar-refractivity contribution in [2.75, 3.05) is 43.5 Å². The van der Waals surface area contributed by atoms with Crippen LogP contribution in [0.15, 0.2) is 24.3 Å². The minimum absolute atomic E-state index is 0.227. The molecule has 1 fully saturated rings. The van der Waals surface area contributed by atoms with Crippen molar-refractivity contribution in [1.29, 1.82) is 0 Å². The molecule has 19 heavy (non-hydrogen) atoms. The van der Waals surface area contributed by atoms with Crippen LogP contribution in [0.2, 0.25) is 0 Å². The van der Waals surface area contributed by atoms with E-state index in [1.807, 2.05) is 0 Å². The normalized spacial score (nSPS) is 24.1. The van der Waals surface area contributed by atoms with E-state index < -0.39 is 0 Å². The van der Waals surface area contributed by atoms with Crippen LogP contribution in [0.5, 0.6) is 0 Å². The van der Waals surface area contributed by atoms with Crippen molar-refractivity contribution in [3.63, 3.8) is 0 Å². The van der Waals surface area contributed by atoms with Gasteiger partial charge in [0.1, 0.15) is 0 Å². The fraction of sp³-hybridized carbons (Fsp3) is 0.625. The van der Waals surface area contributed by atoms with Gasteiger partial charge in [0.05, 0.1) is 0 Å². The highest BCUT2D eigenvalue weighted by Crippen LogP contribution is 2.25. The Balaban J connectivity index is 2.22. The molecule has 106 valence electrons. The third-order valence-electron chi connectivity index (χ3n) is 4.19. The maximum atomic E-state index is 3.69. The minimum Gasteiger partial charge on any atom is -0.378 e. The second-order valence-electron chi connectivity index (χ2n) is 6.03. The molecule has 0 saturated carbocycles. The van der Waals surface area contributed by atoms with Gasteiger partial charge in [0.2, 0.25) is 0 Å². The number of hydrogen-bond acceptors (Lipinski definition) is 3. The van der Waals surface area contributed by atoms with Crippen LogP contribution in [-0.4, -0.2) is 39.3 Å². The number of hydrogen-bond donors (Lipinski definition) is 1. The molecule has 1 heterocycles. The first-order valence-electron chi connectivity index (χ1n) is 7.31. The third-order valence-corrected chi connectivity index (χ3v) is 4.19. The Kier molecular flexibility index (Phi) is 4.35. The lowest BCUT2D eigenvalue weighted by Crippen LogP contribution is -2.48. The van der Waals surface area contributed by atoms with Gasteiger partial charge in [-0.1, -0.05) is 13.0 Å². The number of anilines is 2. The van der Waals surface area contributed by atoms with E-state index in [4.69, 9.17) is 0 Å². The summed E-state index contributed by atoms with van der Waals surface area (Å²) < 4.78 is 0. The summed E-state index contributed by atoms with van der Waals surface area (Å²) in [7, 11) is 4.19. The van der Waals surface area contributed by atoms with Gasteiger partial charge in [0.15, 0.2) is 0 Å². The minimum atomic E-state index is 0.227. The second kappa shape index (κ2) is 5.83. The van der Waals surface area contributed by atoms with Crippen LogP contribution < -0.4 is 15.1 Å². The van der Waals surface area contributed by atoms with E-state index in [0.29, 0.717) is 0 Å². The van der Waals surface area contributed by atoms with Crippen molar-refractivity contribution >= 4 is 11.4 Å². The maximum absolute atomic E-state index is 3.69. The first kappa shape index (κ1) is 14.2. The van der Waals surface area contributed by atoms with Crippen LogP contribution in [0, 0.1) is 0 Å². The number of nitrogens with one attached hydrogen (secondary N) is 1. The summed E-state index contributed by atoms with van der Waals surface area (Å²) in [5.41, 5.74) is 2.84. The summed E-state index contributed by atoms with van der Waals surface area (Å²) in [4.78, 5) is 4.69. The van der Waals surface area contributed by atoms with Gasteiger partial charge in [-0.15, -0.1) is 0 Å². The van der Waals surface area contributed by atoms with E-state index in [9.17, 15) is 0 Å². The highest BCUT2D eigenvalue weighted by atomic mass is 15.2. The van der Waals surface area contributed by atoms with E-state index in [0.717, 1.165) is 26.1 Å². The molecule has 0 spiro atoms. The van der Waals surface area contributed by atoms with Crippen molar-refractivity contribution in [3.8, 4) is 0 Å². The van der Waals surface area contributed by atoms with Gasteiger partial charge in [0.25, 0.3) is 0 Å². The highest BCUT2D eigenvalue weighted by molar-refractivity contribution is 5.59. The summed E-state index contributed by atoms with van der Waals surface area (Å²) in [6.07, 6.45) is 2.37. The van der Waals surface area contributed by atoms with Gasteiger partial charge in [-0.3, -0.25) is 0 Å². The molecule has 0 aromatic heterocycles. The number of benzene rings is 1. The summed E-state index contributed by atoms with van der Waals surface area (Å²) in [5, 5.41) is 3.69. The van der Waals surface area contributed by atoms with Crippen molar-refractivity contribution in [1.82, 2.24) is 5.32 Å². The summed E-state index contributed by atoms with van der Waals surface area (Å²) in [5.74, 6) is 0. The zero-order valence-corrected chi connectivity index (χ0v) is 12.7. The molecule has 1 aromatic rings. The number of nitrogens with zero attached hydrogens (tertiary/aromatic N) is 2. The van der Waals surface area contributed by atoms with Crippen molar-refractivity contribution in [2.45, 2.75) is 32.2 Å². The molecule has 0 radical (unpaired) electrons. The lowest BCUT2D eigenvalue weighted by Gasteiger charge is -2.34. The Morgan fingerprint density at radius 3 is 2.84 bits per heavy atom. The number of rotatable bonds is 3. The summed E-state index contributed by atoms with van der Waals surface area (Å²) in [6.45, 7) is 7.95. The Bertz CT molecular complexity index is 416. The van der Waals surface area contributed by atoms with Gasteiger partial charge >= 0.3 is 0 Å². The molecule has 2 rings (SSSR count). The fourth-order valence-electron chi connectivity index (χ4n) is 2.64. The average molecular weight is 261 g/mol. The average Bonchev–Trinajstić information content (AvgIpc) is 2.62. The molecule has 1 aliphatic heterocycles. The molecule has 1 aromatic carbocycles. The van der Waals surface area contributed by atoms with Crippen molar-refractivity contribution < 1.29 is 0 Å². The Morgan fingerprint density at radius 2 is 2.16 bits per heavy atom.